The van der Waals surface area contributed by atoms with E-state index in [1.54, 1.807) is 5.92 Å². The SMILES string of the molecule is CC#CC(=O)[O-].[Na+]. The van der Waals surface area contributed by atoms with Crippen LogP contribution in [0.1, 0.15) is 6.92 Å². The molecular formula is C4H3NaO2. The number of carboxylic acids is 1. The van der Waals surface area contributed by atoms with Crippen LogP contribution in [0, 0.1) is 11.8 Å². The van der Waals surface area contributed by atoms with Crippen LogP contribution in [0.15, 0.2) is 0 Å². The molecule has 0 fully saturated rings. The molecule has 0 N–H and O–H groups in total. The molecule has 0 atom stereocenters. The van der Waals surface area contributed by atoms with Crippen LogP contribution in [0.5, 0.6) is 0 Å². The van der Waals surface area contributed by atoms with Crippen molar-refractivity contribution < 1.29 is 39.5 Å². The van der Waals surface area contributed by atoms with Crippen molar-refractivity contribution in [3.05, 3.63) is 0 Å². The molecule has 2 nitrogen and oxygen atoms in total. The van der Waals surface area contributed by atoms with E-state index in [0.717, 1.165) is 0 Å². The number of carbonyl (C=O) groups is 1. The molecule has 0 radical (unpaired) electrons. The summed E-state index contributed by atoms with van der Waals surface area (Å²) in [6.07, 6.45) is 0. The molecule has 0 aromatic carbocycles. The van der Waals surface area contributed by atoms with Crippen molar-refractivity contribution >= 4 is 5.97 Å². The second kappa shape index (κ2) is 6.03. The Labute approximate surface area is 64.2 Å². The minimum atomic E-state index is -1.32. The molecule has 0 amide bonds. The van der Waals surface area contributed by atoms with Gasteiger partial charge in [-0.2, -0.15) is 0 Å². The molecular weight excluding hydrogens is 103 g/mol. The van der Waals surface area contributed by atoms with E-state index >= 15 is 0 Å². The van der Waals surface area contributed by atoms with Crippen molar-refractivity contribution in [3.63, 3.8) is 0 Å². The average Bonchev–Trinajstić information content (AvgIpc) is 1.35. The van der Waals surface area contributed by atoms with E-state index in [-0.39, 0.29) is 29.6 Å². The van der Waals surface area contributed by atoms with E-state index in [0.29, 0.717) is 0 Å². The van der Waals surface area contributed by atoms with E-state index in [1.165, 1.54) is 6.92 Å². The summed E-state index contributed by atoms with van der Waals surface area (Å²) in [4.78, 5) is 9.31. The van der Waals surface area contributed by atoms with Crippen molar-refractivity contribution in [2.24, 2.45) is 0 Å². The van der Waals surface area contributed by atoms with Gasteiger partial charge in [-0.15, -0.1) is 5.92 Å². The zero-order valence-electron chi connectivity index (χ0n) is 4.32. The summed E-state index contributed by atoms with van der Waals surface area (Å²) in [6, 6.07) is 0. The summed E-state index contributed by atoms with van der Waals surface area (Å²) in [5, 5.41) is 9.31. The van der Waals surface area contributed by atoms with Gasteiger partial charge in [0, 0.05) is 0 Å². The number of hydrogen-bond acceptors (Lipinski definition) is 2. The second-order valence-corrected chi connectivity index (χ2v) is 0.662. The van der Waals surface area contributed by atoms with Gasteiger partial charge in [0.05, 0.1) is 0 Å². The largest absolute Gasteiger partial charge is 1.00 e. The van der Waals surface area contributed by atoms with Crippen LogP contribution in [-0.2, 0) is 4.79 Å². The summed E-state index contributed by atoms with van der Waals surface area (Å²) in [5.74, 6) is 2.60. The van der Waals surface area contributed by atoms with Gasteiger partial charge in [0.25, 0.3) is 0 Å². The Kier molecular flexibility index (Phi) is 8.70. The Balaban J connectivity index is 0. The molecule has 0 saturated heterocycles. The smallest absolute Gasteiger partial charge is 0.537 e. The summed E-state index contributed by atoms with van der Waals surface area (Å²) < 4.78 is 0. The standard InChI is InChI=1S/C4H4O2.Na/c1-2-3-4(5)6;/h1H3,(H,5,6);/q;+1/p-1. The van der Waals surface area contributed by atoms with Crippen molar-refractivity contribution in [1.29, 1.82) is 0 Å². The van der Waals surface area contributed by atoms with Crippen LogP contribution in [-0.4, -0.2) is 5.97 Å². The molecule has 0 aromatic heterocycles. The van der Waals surface area contributed by atoms with E-state index in [2.05, 4.69) is 5.92 Å². The van der Waals surface area contributed by atoms with Crippen LogP contribution in [0.4, 0.5) is 0 Å². The third-order valence-electron chi connectivity index (χ3n) is 0.227. The molecule has 0 bridgehead atoms. The van der Waals surface area contributed by atoms with Crippen molar-refractivity contribution in [2.45, 2.75) is 6.92 Å². The maximum atomic E-state index is 9.31. The van der Waals surface area contributed by atoms with Crippen LogP contribution < -0.4 is 34.7 Å². The second-order valence-electron chi connectivity index (χ2n) is 0.662. The van der Waals surface area contributed by atoms with Gasteiger partial charge in [-0.05, 0) is 6.92 Å². The van der Waals surface area contributed by atoms with Gasteiger partial charge in [-0.25, -0.2) is 0 Å². The van der Waals surface area contributed by atoms with Gasteiger partial charge in [0.1, 0.15) is 5.97 Å². The number of carboxylic acid groups (broad SMARTS) is 1. The minimum absolute atomic E-state index is 0. The molecule has 3 heteroatoms. The number of rotatable bonds is 0. The van der Waals surface area contributed by atoms with Gasteiger partial charge in [0.15, 0.2) is 0 Å². The quantitative estimate of drug-likeness (QED) is 0.232. The molecule has 0 aliphatic rings. The predicted molar refractivity (Wildman–Crippen MR) is 18.5 cm³/mol. The van der Waals surface area contributed by atoms with Gasteiger partial charge in [0.2, 0.25) is 0 Å². The first-order valence-corrected chi connectivity index (χ1v) is 1.41. The maximum Gasteiger partial charge on any atom is 1.00 e. The molecule has 0 aliphatic carbocycles. The fourth-order valence-electron chi connectivity index (χ4n) is 0.102. The summed E-state index contributed by atoms with van der Waals surface area (Å²) >= 11 is 0. The summed E-state index contributed by atoms with van der Waals surface area (Å²) in [6.45, 7) is 1.44. The predicted octanol–water partition coefficient (Wildman–Crippen LogP) is -4.24. The normalized spacial score (nSPS) is 4.71. The van der Waals surface area contributed by atoms with E-state index in [4.69, 9.17) is 0 Å². The summed E-state index contributed by atoms with van der Waals surface area (Å²) in [5.41, 5.74) is 0. The Morgan fingerprint density at radius 3 is 2.14 bits per heavy atom. The Morgan fingerprint density at radius 2 is 2.14 bits per heavy atom. The Morgan fingerprint density at radius 1 is 1.71 bits per heavy atom. The molecule has 0 heterocycles. The first-order chi connectivity index (χ1) is 2.77. The van der Waals surface area contributed by atoms with E-state index < -0.39 is 5.97 Å². The molecule has 32 valence electrons. The van der Waals surface area contributed by atoms with E-state index in [1.807, 2.05) is 0 Å². The number of aliphatic carboxylic acids is 1. The van der Waals surface area contributed by atoms with Crippen molar-refractivity contribution in [2.75, 3.05) is 0 Å². The molecule has 0 unspecified atom stereocenters. The molecule has 0 saturated carbocycles. The van der Waals surface area contributed by atoms with Crippen molar-refractivity contribution in [1.82, 2.24) is 0 Å². The first kappa shape index (κ1) is 10.1. The fourth-order valence-corrected chi connectivity index (χ4v) is 0.102. The van der Waals surface area contributed by atoms with Gasteiger partial charge in [-0.3, -0.25) is 0 Å². The third-order valence-corrected chi connectivity index (χ3v) is 0.227. The molecule has 0 aliphatic heterocycles. The van der Waals surface area contributed by atoms with Gasteiger partial charge >= 0.3 is 29.6 Å². The van der Waals surface area contributed by atoms with Gasteiger partial charge in [-0.1, -0.05) is 5.92 Å². The Bertz CT molecular complexity index is 109. The zero-order chi connectivity index (χ0) is 4.99. The van der Waals surface area contributed by atoms with Crippen LogP contribution >= 0.6 is 0 Å². The number of hydrogen-bond donors (Lipinski definition) is 0. The van der Waals surface area contributed by atoms with Gasteiger partial charge < -0.3 is 9.90 Å². The third kappa shape index (κ3) is 10.7. The zero-order valence-corrected chi connectivity index (χ0v) is 6.32. The summed E-state index contributed by atoms with van der Waals surface area (Å²) in [7, 11) is 0. The van der Waals surface area contributed by atoms with Crippen molar-refractivity contribution in [3.8, 4) is 11.8 Å². The molecule has 0 rings (SSSR count). The van der Waals surface area contributed by atoms with Crippen LogP contribution in [0.25, 0.3) is 0 Å². The van der Waals surface area contributed by atoms with Crippen LogP contribution in [0.2, 0.25) is 0 Å². The number of carbonyl (C=O) groups excluding carboxylic acids is 1. The van der Waals surface area contributed by atoms with Crippen LogP contribution in [0.3, 0.4) is 0 Å². The Hall–Kier alpha value is 0.0300. The molecule has 7 heavy (non-hydrogen) atoms. The minimum Gasteiger partial charge on any atom is -0.537 e. The van der Waals surface area contributed by atoms with E-state index in [9.17, 15) is 9.90 Å². The molecule has 0 spiro atoms. The molecule has 0 aromatic rings. The average molecular weight is 106 g/mol. The first-order valence-electron chi connectivity index (χ1n) is 1.41. The fraction of sp³-hybridized carbons (Fsp3) is 0.250. The topological polar surface area (TPSA) is 40.1 Å². The maximum absolute atomic E-state index is 9.31. The monoisotopic (exact) mass is 106 g/mol.